The van der Waals surface area contributed by atoms with Gasteiger partial charge < -0.3 is 0 Å². The molecule has 16 heavy (non-hydrogen) atoms. The van der Waals surface area contributed by atoms with E-state index in [1.54, 1.807) is 6.92 Å². The number of nitrogens with one attached hydrogen (secondary N) is 1. The molecular weight excluding hydrogens is 401 g/mol. The summed E-state index contributed by atoms with van der Waals surface area (Å²) >= 11 is 1.14. The molecule has 89 valence electrons. The van der Waals surface area contributed by atoms with E-state index in [0.717, 1.165) is 52.2 Å². The molecule has 0 spiro atoms. The van der Waals surface area contributed by atoms with Gasteiger partial charge in [-0.15, -0.1) is 0 Å². The SMILES string of the molecule is C=C(C)C(=O)OCCNN1CC[N]([Pb])CC1. The third-order valence-electron chi connectivity index (χ3n) is 2.30. The molecule has 0 atom stereocenters. The number of rotatable bonds is 5. The van der Waals surface area contributed by atoms with Crippen LogP contribution in [0.3, 0.4) is 0 Å². The zero-order valence-corrected chi connectivity index (χ0v) is 13.5. The molecule has 3 radical (unpaired) electrons. The fourth-order valence-corrected chi connectivity index (χ4v) is 2.11. The van der Waals surface area contributed by atoms with E-state index in [2.05, 4.69) is 19.7 Å². The van der Waals surface area contributed by atoms with Gasteiger partial charge in [-0.05, 0) is 0 Å². The van der Waals surface area contributed by atoms with Crippen molar-refractivity contribution in [3.8, 4) is 0 Å². The van der Waals surface area contributed by atoms with E-state index in [-0.39, 0.29) is 5.97 Å². The van der Waals surface area contributed by atoms with E-state index in [0.29, 0.717) is 18.7 Å². The molecule has 0 saturated carbocycles. The standard InChI is InChI=1S/C10H18N3O2.Pb/c1-9(2)10(14)15-8-5-12-13-6-3-11-4-7-13;/h12H,1,3-8H2,2H3;/q-1;+1. The van der Waals surface area contributed by atoms with Gasteiger partial charge in [0.05, 0.1) is 0 Å². The summed E-state index contributed by atoms with van der Waals surface area (Å²) in [4.78, 5) is 11.1. The Kier molecular flexibility index (Phi) is 6.47. The van der Waals surface area contributed by atoms with Gasteiger partial charge >= 0.3 is 113 Å². The van der Waals surface area contributed by atoms with Crippen molar-refractivity contribution < 1.29 is 9.53 Å². The van der Waals surface area contributed by atoms with Crippen LogP contribution in [0.2, 0.25) is 0 Å². The number of carbonyl (C=O) groups is 1. The first-order chi connectivity index (χ1) is 7.59. The first kappa shape index (κ1) is 14.1. The van der Waals surface area contributed by atoms with E-state index in [9.17, 15) is 4.79 Å². The zero-order chi connectivity index (χ0) is 12.0. The van der Waals surface area contributed by atoms with Gasteiger partial charge in [0.2, 0.25) is 0 Å². The molecule has 0 aromatic carbocycles. The van der Waals surface area contributed by atoms with Crippen LogP contribution in [0, 0.1) is 0 Å². The number of hydrazine groups is 1. The van der Waals surface area contributed by atoms with Crippen molar-refractivity contribution in [1.29, 1.82) is 0 Å². The summed E-state index contributed by atoms with van der Waals surface area (Å²) in [6, 6.07) is 0. The van der Waals surface area contributed by atoms with Gasteiger partial charge in [0.25, 0.3) is 0 Å². The minimum atomic E-state index is -0.314. The molecule has 1 aliphatic heterocycles. The fraction of sp³-hybridized carbons (Fsp3) is 0.700. The molecule has 0 aliphatic carbocycles. The third kappa shape index (κ3) is 5.37. The van der Waals surface area contributed by atoms with Crippen LogP contribution in [0.1, 0.15) is 6.92 Å². The maximum absolute atomic E-state index is 11.1. The van der Waals surface area contributed by atoms with Crippen LogP contribution in [0.5, 0.6) is 0 Å². The van der Waals surface area contributed by atoms with Crippen LogP contribution in [0.15, 0.2) is 12.2 Å². The van der Waals surface area contributed by atoms with Crippen LogP contribution >= 0.6 is 0 Å². The molecule has 1 heterocycles. The van der Waals surface area contributed by atoms with Crippen LogP contribution in [0.4, 0.5) is 0 Å². The number of nitrogens with zero attached hydrogens (tertiary/aromatic N) is 2. The number of piperazine rings is 1. The van der Waals surface area contributed by atoms with Crippen molar-refractivity contribution >= 4 is 32.0 Å². The van der Waals surface area contributed by atoms with E-state index >= 15 is 0 Å². The Morgan fingerprint density at radius 3 is 2.62 bits per heavy atom. The normalized spacial score (nSPS) is 18.4. The molecule has 5 nitrogen and oxygen atoms in total. The van der Waals surface area contributed by atoms with E-state index in [4.69, 9.17) is 4.74 Å². The first-order valence-electron chi connectivity index (χ1n) is 5.37. The summed E-state index contributed by atoms with van der Waals surface area (Å²) in [5.74, 6) is -0.314. The molecule has 1 fully saturated rings. The van der Waals surface area contributed by atoms with Gasteiger partial charge in [0.15, 0.2) is 0 Å². The molecule has 6 heteroatoms. The maximum atomic E-state index is 11.1. The number of hydrogen-bond donors (Lipinski definition) is 1. The Morgan fingerprint density at radius 1 is 1.44 bits per heavy atom. The van der Waals surface area contributed by atoms with Crippen molar-refractivity contribution in [2.75, 3.05) is 39.3 Å². The molecule has 1 saturated heterocycles. The van der Waals surface area contributed by atoms with Crippen LogP contribution < -0.4 is 5.43 Å². The number of ether oxygens (including phenoxy) is 1. The molecule has 0 aromatic rings. The van der Waals surface area contributed by atoms with Crippen molar-refractivity contribution in [2.45, 2.75) is 6.92 Å². The van der Waals surface area contributed by atoms with Crippen LogP contribution in [-0.4, -0.2) is 79.1 Å². The van der Waals surface area contributed by atoms with E-state index in [1.165, 1.54) is 0 Å². The molecular formula is C10H18N3O2Pb. The Balaban J connectivity index is 2.03. The van der Waals surface area contributed by atoms with Gasteiger partial charge in [-0.2, -0.15) is 0 Å². The van der Waals surface area contributed by atoms with Crippen molar-refractivity contribution in [2.24, 2.45) is 0 Å². The Morgan fingerprint density at radius 2 is 2.06 bits per heavy atom. The van der Waals surface area contributed by atoms with Crippen LogP contribution in [0.25, 0.3) is 0 Å². The Bertz CT molecular complexity index is 252. The Hall–Kier alpha value is 0.0121. The van der Waals surface area contributed by atoms with E-state index in [1.807, 2.05) is 0 Å². The summed E-state index contributed by atoms with van der Waals surface area (Å²) in [6.07, 6.45) is 0. The Labute approximate surface area is 113 Å². The first-order valence-corrected chi connectivity index (χ1v) is 7.10. The fourth-order valence-electron chi connectivity index (χ4n) is 1.34. The van der Waals surface area contributed by atoms with Crippen molar-refractivity contribution in [3.05, 3.63) is 12.2 Å². The second-order valence-corrected chi connectivity index (χ2v) is 6.26. The van der Waals surface area contributed by atoms with Crippen molar-refractivity contribution in [3.63, 3.8) is 0 Å². The summed E-state index contributed by atoms with van der Waals surface area (Å²) < 4.78 is 7.41. The molecule has 1 N–H and O–H groups in total. The summed E-state index contributed by atoms with van der Waals surface area (Å²) in [6.45, 7) is 10.6. The predicted molar refractivity (Wildman–Crippen MR) is 62.7 cm³/mol. The number of hydrogen-bond acceptors (Lipinski definition) is 5. The monoisotopic (exact) mass is 420 g/mol. The van der Waals surface area contributed by atoms with Gasteiger partial charge in [0.1, 0.15) is 0 Å². The van der Waals surface area contributed by atoms with Gasteiger partial charge in [-0.1, -0.05) is 0 Å². The number of carbonyl (C=O) groups excluding carboxylic acids is 1. The molecule has 1 rings (SSSR count). The van der Waals surface area contributed by atoms with Crippen molar-refractivity contribution in [1.82, 2.24) is 13.1 Å². The third-order valence-corrected chi connectivity index (χ3v) is 4.04. The topological polar surface area (TPSA) is 44.8 Å². The van der Waals surface area contributed by atoms with Gasteiger partial charge in [-0.25, -0.2) is 0 Å². The molecule has 0 bridgehead atoms. The average Bonchev–Trinajstić information content (AvgIpc) is 2.26. The summed E-state index contributed by atoms with van der Waals surface area (Å²) in [5.41, 5.74) is 3.70. The second kappa shape index (κ2) is 7.36. The summed E-state index contributed by atoms with van der Waals surface area (Å²) in [7, 11) is 0. The van der Waals surface area contributed by atoms with Gasteiger partial charge in [0, 0.05) is 0 Å². The van der Waals surface area contributed by atoms with Gasteiger partial charge in [-0.3, -0.25) is 0 Å². The quantitative estimate of drug-likeness (QED) is 0.277. The molecule has 1 aliphatic rings. The van der Waals surface area contributed by atoms with E-state index < -0.39 is 0 Å². The minimum absolute atomic E-state index is 0.314. The average molecular weight is 419 g/mol. The van der Waals surface area contributed by atoms with Crippen LogP contribution in [-0.2, 0) is 9.53 Å². The number of esters is 1. The second-order valence-electron chi connectivity index (χ2n) is 3.80. The predicted octanol–water partition coefficient (Wildman–Crippen LogP) is -0.689. The zero-order valence-electron chi connectivity index (χ0n) is 9.66. The summed E-state index contributed by atoms with van der Waals surface area (Å²) in [5, 5.41) is 2.18. The molecule has 0 aromatic heterocycles. The molecule has 0 unspecified atom stereocenters. The molecule has 0 amide bonds.